The highest BCUT2D eigenvalue weighted by Crippen LogP contribution is 2.49. The maximum absolute atomic E-state index is 15.0. The number of aromatic nitrogens is 2. The van der Waals surface area contributed by atoms with Crippen LogP contribution in [0.1, 0.15) is 80.0 Å². The number of carbonyl (C=O) groups excluding carboxylic acids is 2. The molecule has 0 unspecified atom stereocenters. The zero-order valence-corrected chi connectivity index (χ0v) is 23.7. The summed E-state index contributed by atoms with van der Waals surface area (Å²) in [4.78, 5) is 26.7. The number of nitrogens with one attached hydrogen (secondary N) is 2. The minimum atomic E-state index is -4.95. The van der Waals surface area contributed by atoms with E-state index in [0.717, 1.165) is 55.8 Å². The Bertz CT molecular complexity index is 1360. The first-order valence-electron chi connectivity index (χ1n) is 14.2. The van der Waals surface area contributed by atoms with Crippen molar-refractivity contribution in [3.05, 3.63) is 58.4 Å². The molecule has 2 aromatic rings. The van der Waals surface area contributed by atoms with Crippen molar-refractivity contribution in [3.8, 4) is 0 Å². The van der Waals surface area contributed by atoms with Crippen LogP contribution >= 0.6 is 11.9 Å². The molecule has 228 valence electrons. The fourth-order valence-corrected chi connectivity index (χ4v) is 6.31. The third-order valence-corrected chi connectivity index (χ3v) is 9.13. The lowest BCUT2D eigenvalue weighted by molar-refractivity contribution is -0.202. The molecule has 1 fully saturated rings. The van der Waals surface area contributed by atoms with Gasteiger partial charge in [0.1, 0.15) is 5.57 Å². The van der Waals surface area contributed by atoms with Crippen molar-refractivity contribution in [2.24, 2.45) is 0 Å². The van der Waals surface area contributed by atoms with Gasteiger partial charge in [0.05, 0.1) is 6.20 Å². The molecule has 0 radical (unpaired) electrons. The van der Waals surface area contributed by atoms with Crippen LogP contribution in [0.2, 0.25) is 0 Å². The van der Waals surface area contributed by atoms with Crippen molar-refractivity contribution in [2.75, 3.05) is 0 Å². The monoisotopic (exact) mass is 614 g/mol. The Morgan fingerprint density at radius 2 is 1.81 bits per heavy atom. The van der Waals surface area contributed by atoms with Crippen molar-refractivity contribution in [1.29, 1.82) is 0 Å². The molecule has 1 aromatic heterocycles. The standard InChI is InChI=1S/C29H32F6N4O2S/c30-28(31,32)12-4-1-5-13-39-17-21(16-36-39)27(29(33,34)35)15-23(20-9-8-18-6-2-3-7-19(18)14-20)24(25(40)37-27)26(41)38-42-22-10-11-22/h8-9,14,16-17,22H,1-7,10-13,15H2,(H,37,40)(H,38,41)/t27-/m0/s1. The van der Waals surface area contributed by atoms with E-state index in [1.54, 1.807) is 12.1 Å². The average molecular weight is 615 g/mol. The van der Waals surface area contributed by atoms with Crippen LogP contribution in [0, 0.1) is 0 Å². The summed E-state index contributed by atoms with van der Waals surface area (Å²) in [6.07, 6.45) is -2.76. The second-order valence-corrected chi connectivity index (χ2v) is 12.4. The molecule has 2 heterocycles. The maximum atomic E-state index is 15.0. The second-order valence-electron chi connectivity index (χ2n) is 11.2. The van der Waals surface area contributed by atoms with Crippen LogP contribution in [0.5, 0.6) is 0 Å². The first-order valence-corrected chi connectivity index (χ1v) is 15.0. The highest BCUT2D eigenvalue weighted by molar-refractivity contribution is 7.98. The molecular formula is C29H32F6N4O2S. The first kappa shape index (κ1) is 30.5. The van der Waals surface area contributed by atoms with Gasteiger partial charge in [0.2, 0.25) is 0 Å². The molecule has 3 aliphatic rings. The smallest absolute Gasteiger partial charge is 0.334 e. The minimum absolute atomic E-state index is 0.0123. The number of halogens is 6. The van der Waals surface area contributed by atoms with E-state index < -0.39 is 42.5 Å². The zero-order chi connectivity index (χ0) is 30.1. The van der Waals surface area contributed by atoms with Crippen LogP contribution in [-0.2, 0) is 34.5 Å². The third kappa shape index (κ3) is 6.81. The molecule has 1 aromatic carbocycles. The van der Waals surface area contributed by atoms with Crippen LogP contribution < -0.4 is 10.0 Å². The molecule has 5 rings (SSSR count). The van der Waals surface area contributed by atoms with Crippen LogP contribution in [0.25, 0.3) is 5.57 Å². The predicted octanol–water partition coefficient (Wildman–Crippen LogP) is 6.54. The summed E-state index contributed by atoms with van der Waals surface area (Å²) in [5.41, 5.74) is -0.968. The molecule has 6 nitrogen and oxygen atoms in total. The Kier molecular flexibility index (Phi) is 8.69. The summed E-state index contributed by atoms with van der Waals surface area (Å²) < 4.78 is 86.1. The highest BCUT2D eigenvalue weighted by Gasteiger charge is 2.60. The van der Waals surface area contributed by atoms with Gasteiger partial charge in [-0.05, 0) is 85.6 Å². The van der Waals surface area contributed by atoms with Crippen molar-refractivity contribution in [1.82, 2.24) is 19.8 Å². The molecule has 0 bridgehead atoms. The van der Waals surface area contributed by atoms with Gasteiger partial charge in [-0.2, -0.15) is 31.4 Å². The molecule has 2 amide bonds. The topological polar surface area (TPSA) is 76.0 Å². The van der Waals surface area contributed by atoms with E-state index in [9.17, 15) is 35.9 Å². The number of alkyl halides is 6. The molecule has 1 aliphatic heterocycles. The molecule has 1 saturated carbocycles. The fraction of sp³-hybridized carbons (Fsp3) is 0.552. The van der Waals surface area contributed by atoms with Crippen LogP contribution in [-0.4, -0.2) is 39.2 Å². The molecule has 13 heteroatoms. The molecule has 42 heavy (non-hydrogen) atoms. The number of fused-ring (bicyclic) bond motifs is 1. The van der Waals surface area contributed by atoms with Gasteiger partial charge < -0.3 is 5.32 Å². The number of rotatable bonds is 10. The fourth-order valence-electron chi connectivity index (χ4n) is 5.56. The lowest BCUT2D eigenvalue weighted by Gasteiger charge is -2.40. The summed E-state index contributed by atoms with van der Waals surface area (Å²) in [6.45, 7) is 0.124. The summed E-state index contributed by atoms with van der Waals surface area (Å²) in [5.74, 6) is -1.86. The van der Waals surface area contributed by atoms with Gasteiger partial charge in [-0.1, -0.05) is 24.6 Å². The molecule has 0 spiro atoms. The normalized spacial score (nSPS) is 21.2. The van der Waals surface area contributed by atoms with Crippen molar-refractivity contribution in [3.63, 3.8) is 0 Å². The first-order chi connectivity index (χ1) is 19.9. The molecule has 2 N–H and O–H groups in total. The predicted molar refractivity (Wildman–Crippen MR) is 146 cm³/mol. The molecular weight excluding hydrogens is 582 g/mol. The highest BCUT2D eigenvalue weighted by atomic mass is 32.2. The van der Waals surface area contributed by atoms with E-state index in [-0.39, 0.29) is 41.3 Å². The van der Waals surface area contributed by atoms with Crippen molar-refractivity contribution < 1.29 is 35.9 Å². The van der Waals surface area contributed by atoms with Gasteiger partial charge in [-0.25, -0.2) is 0 Å². The number of aryl methyl sites for hydroxylation is 3. The number of hydrogen-bond donors (Lipinski definition) is 2. The number of nitrogens with zero attached hydrogens (tertiary/aromatic N) is 2. The molecule has 2 aliphatic carbocycles. The van der Waals surface area contributed by atoms with Gasteiger partial charge in [0.15, 0.2) is 5.54 Å². The van der Waals surface area contributed by atoms with E-state index in [0.29, 0.717) is 12.0 Å². The Morgan fingerprint density at radius 1 is 1.07 bits per heavy atom. The Morgan fingerprint density at radius 3 is 2.50 bits per heavy atom. The minimum Gasteiger partial charge on any atom is -0.334 e. The molecule has 0 saturated heterocycles. The Hall–Kier alpha value is -2.96. The lowest BCUT2D eigenvalue weighted by atomic mass is 9.76. The summed E-state index contributed by atoms with van der Waals surface area (Å²) >= 11 is 1.17. The quantitative estimate of drug-likeness (QED) is 0.138. The lowest BCUT2D eigenvalue weighted by Crippen LogP contribution is -2.59. The van der Waals surface area contributed by atoms with Crippen LogP contribution in [0.4, 0.5) is 26.3 Å². The largest absolute Gasteiger partial charge is 0.416 e. The summed E-state index contributed by atoms with van der Waals surface area (Å²) in [6, 6.07) is 5.35. The van der Waals surface area contributed by atoms with Crippen LogP contribution in [0.3, 0.4) is 0 Å². The second kappa shape index (κ2) is 12.0. The third-order valence-electron chi connectivity index (χ3n) is 8.02. The van der Waals surface area contributed by atoms with E-state index in [1.165, 1.54) is 22.8 Å². The van der Waals surface area contributed by atoms with E-state index in [1.807, 2.05) is 6.07 Å². The van der Waals surface area contributed by atoms with E-state index in [2.05, 4.69) is 15.1 Å². The maximum Gasteiger partial charge on any atom is 0.416 e. The average Bonchev–Trinajstić information content (AvgIpc) is 3.64. The summed E-state index contributed by atoms with van der Waals surface area (Å²) in [7, 11) is 0. The van der Waals surface area contributed by atoms with Gasteiger partial charge >= 0.3 is 12.4 Å². The van der Waals surface area contributed by atoms with Crippen LogP contribution in [0.15, 0.2) is 36.2 Å². The van der Waals surface area contributed by atoms with E-state index in [4.69, 9.17) is 0 Å². The number of benzene rings is 1. The van der Waals surface area contributed by atoms with Gasteiger partial charge in [0, 0.05) is 36.4 Å². The van der Waals surface area contributed by atoms with E-state index >= 15 is 0 Å². The summed E-state index contributed by atoms with van der Waals surface area (Å²) in [5, 5.41) is 6.37. The Balaban J connectivity index is 1.47. The number of amides is 2. The number of carbonyl (C=O) groups is 2. The molecule has 1 atom stereocenters. The number of unbranched alkanes of at least 4 members (excludes halogenated alkanes) is 2. The van der Waals surface area contributed by atoms with Crippen molar-refractivity contribution >= 4 is 29.3 Å². The van der Waals surface area contributed by atoms with Gasteiger partial charge in [-0.15, -0.1) is 0 Å². The SMILES string of the molecule is O=C(NSC1CC1)C1=C(c2ccc3c(c2)CCCC3)C[C@](c2cnn(CCCCCC(F)(F)F)c2)(C(F)(F)F)NC1=O. The van der Waals surface area contributed by atoms with Gasteiger partial charge in [0.25, 0.3) is 11.8 Å². The van der Waals surface area contributed by atoms with Crippen molar-refractivity contribution in [2.45, 2.75) is 100 Å². The Labute approximate surface area is 243 Å². The number of hydrogen-bond acceptors (Lipinski definition) is 4. The zero-order valence-electron chi connectivity index (χ0n) is 22.8. The van der Waals surface area contributed by atoms with Gasteiger partial charge in [-0.3, -0.25) is 19.0 Å².